The zero-order chi connectivity index (χ0) is 17.0. The number of nitrogens with zero attached hydrogens (tertiary/aromatic N) is 3. The van der Waals surface area contributed by atoms with E-state index in [1.165, 1.54) is 0 Å². The lowest BCUT2D eigenvalue weighted by Gasteiger charge is -2.12. The molecule has 0 radical (unpaired) electrons. The first-order valence-electron chi connectivity index (χ1n) is 6.90. The molecule has 1 atom stereocenters. The average Bonchev–Trinajstić information content (AvgIpc) is 2.53. The van der Waals surface area contributed by atoms with Crippen LogP contribution < -0.4 is 15.2 Å². The van der Waals surface area contributed by atoms with Gasteiger partial charge < -0.3 is 15.2 Å². The number of carbonyl (C=O) groups is 1. The van der Waals surface area contributed by atoms with Crippen molar-refractivity contribution in [2.24, 2.45) is 5.73 Å². The monoisotopic (exact) mass is 312 g/mol. The molecule has 0 aliphatic rings. The molecule has 2 N–H and O–H groups in total. The molecular weight excluding hydrogens is 296 g/mol. The van der Waals surface area contributed by atoms with Crippen molar-refractivity contribution < 1.29 is 14.3 Å². The molecule has 0 saturated heterocycles. The first-order valence-corrected chi connectivity index (χ1v) is 6.90. The number of nitriles is 1. The molecule has 1 unspecified atom stereocenters. The third kappa shape index (κ3) is 3.74. The number of primary amides is 1. The number of rotatable bonds is 5. The number of aryl methyl sites for hydroxylation is 1. The summed E-state index contributed by atoms with van der Waals surface area (Å²) in [5.74, 6) is 0.553. The van der Waals surface area contributed by atoms with Crippen LogP contribution in [0.2, 0.25) is 0 Å². The second kappa shape index (κ2) is 6.75. The lowest BCUT2D eigenvalue weighted by atomic mass is 10.1. The summed E-state index contributed by atoms with van der Waals surface area (Å²) in [5.41, 5.74) is 6.90. The molecule has 1 aromatic carbocycles. The van der Waals surface area contributed by atoms with Gasteiger partial charge in [0.05, 0.1) is 5.69 Å². The van der Waals surface area contributed by atoms with Gasteiger partial charge in [-0.15, -0.1) is 5.10 Å². The highest BCUT2D eigenvalue weighted by Crippen LogP contribution is 2.26. The van der Waals surface area contributed by atoms with E-state index in [4.69, 9.17) is 15.2 Å². The number of aromatic nitrogens is 2. The van der Waals surface area contributed by atoms with Gasteiger partial charge in [-0.25, -0.2) is 0 Å². The minimum Gasteiger partial charge on any atom is -0.481 e. The van der Waals surface area contributed by atoms with Gasteiger partial charge in [0.15, 0.2) is 6.10 Å². The summed E-state index contributed by atoms with van der Waals surface area (Å²) in [6, 6.07) is 8.62. The maximum absolute atomic E-state index is 11.0. The summed E-state index contributed by atoms with van der Waals surface area (Å²) < 4.78 is 11.0. The van der Waals surface area contributed by atoms with Crippen LogP contribution in [-0.2, 0) is 4.79 Å². The molecule has 0 spiro atoms. The third-order valence-electron chi connectivity index (χ3n) is 3.29. The van der Waals surface area contributed by atoms with Crippen LogP contribution in [0.3, 0.4) is 0 Å². The summed E-state index contributed by atoms with van der Waals surface area (Å²) in [7, 11) is 0. The Labute approximate surface area is 133 Å². The van der Waals surface area contributed by atoms with Crippen molar-refractivity contribution in [2.45, 2.75) is 26.9 Å². The Hall–Kier alpha value is -3.14. The van der Waals surface area contributed by atoms with E-state index in [1.807, 2.05) is 0 Å². The predicted molar refractivity (Wildman–Crippen MR) is 82.0 cm³/mol. The molecule has 0 aliphatic heterocycles. The first kappa shape index (κ1) is 16.2. The minimum absolute atomic E-state index is 0.148. The van der Waals surface area contributed by atoms with Crippen LogP contribution in [0.15, 0.2) is 24.3 Å². The zero-order valence-corrected chi connectivity index (χ0v) is 13.0. The van der Waals surface area contributed by atoms with E-state index in [0.717, 1.165) is 5.56 Å². The molecule has 0 fully saturated rings. The van der Waals surface area contributed by atoms with Crippen molar-refractivity contribution >= 4 is 5.91 Å². The predicted octanol–water partition coefficient (Wildman–Crippen LogP) is 2.01. The van der Waals surface area contributed by atoms with Crippen LogP contribution in [0, 0.1) is 25.2 Å². The maximum Gasteiger partial charge on any atom is 0.258 e. The van der Waals surface area contributed by atoms with Crippen molar-refractivity contribution in [3.63, 3.8) is 0 Å². The molecule has 0 bridgehead atoms. The SMILES string of the molecule is Cc1nnc(Oc2ccc(OC(C)C(N)=O)cc2)c(C#N)c1C. The Morgan fingerprint density at radius 2 is 1.83 bits per heavy atom. The fourth-order valence-electron chi connectivity index (χ4n) is 1.75. The van der Waals surface area contributed by atoms with E-state index < -0.39 is 12.0 Å². The molecule has 7 heteroatoms. The van der Waals surface area contributed by atoms with Gasteiger partial charge in [-0.05, 0) is 50.6 Å². The average molecular weight is 312 g/mol. The number of benzene rings is 1. The number of amides is 1. The van der Waals surface area contributed by atoms with E-state index in [9.17, 15) is 10.1 Å². The Bertz CT molecular complexity index is 766. The molecule has 2 aromatic rings. The molecule has 1 aromatic heterocycles. The van der Waals surface area contributed by atoms with Crippen LogP contribution >= 0.6 is 0 Å². The number of nitrogens with two attached hydrogens (primary N) is 1. The van der Waals surface area contributed by atoms with Crippen LogP contribution in [-0.4, -0.2) is 22.2 Å². The van der Waals surface area contributed by atoms with Gasteiger partial charge in [-0.1, -0.05) is 0 Å². The van der Waals surface area contributed by atoms with Gasteiger partial charge in [0.2, 0.25) is 0 Å². The number of hydrogen-bond donors (Lipinski definition) is 1. The number of ether oxygens (including phenoxy) is 2. The summed E-state index contributed by atoms with van der Waals surface area (Å²) in [5, 5.41) is 17.1. The second-order valence-electron chi connectivity index (χ2n) is 4.94. The topological polar surface area (TPSA) is 111 Å². The number of hydrogen-bond acceptors (Lipinski definition) is 6. The van der Waals surface area contributed by atoms with Gasteiger partial charge in [0, 0.05) is 0 Å². The zero-order valence-electron chi connectivity index (χ0n) is 13.0. The van der Waals surface area contributed by atoms with Gasteiger partial charge in [0.25, 0.3) is 11.8 Å². The van der Waals surface area contributed by atoms with E-state index >= 15 is 0 Å². The summed E-state index contributed by atoms with van der Waals surface area (Å²) in [6.07, 6.45) is -0.724. The Morgan fingerprint density at radius 3 is 2.39 bits per heavy atom. The van der Waals surface area contributed by atoms with Gasteiger partial charge >= 0.3 is 0 Å². The Balaban J connectivity index is 2.18. The molecular formula is C16H16N4O3. The molecule has 1 amide bonds. The quantitative estimate of drug-likeness (QED) is 0.904. The van der Waals surface area contributed by atoms with E-state index in [-0.39, 0.29) is 5.88 Å². The summed E-state index contributed by atoms with van der Waals surface area (Å²) in [6.45, 7) is 5.13. The molecule has 0 saturated carbocycles. The fourth-order valence-corrected chi connectivity index (χ4v) is 1.75. The largest absolute Gasteiger partial charge is 0.481 e. The normalized spacial score (nSPS) is 11.4. The van der Waals surface area contributed by atoms with Crippen molar-refractivity contribution in [3.05, 3.63) is 41.1 Å². The van der Waals surface area contributed by atoms with E-state index in [0.29, 0.717) is 22.8 Å². The highest BCUT2D eigenvalue weighted by molar-refractivity contribution is 5.78. The smallest absolute Gasteiger partial charge is 0.258 e. The van der Waals surface area contributed by atoms with Crippen molar-refractivity contribution in [2.75, 3.05) is 0 Å². The summed E-state index contributed by atoms with van der Waals surface area (Å²) >= 11 is 0. The molecule has 1 heterocycles. The Kier molecular flexibility index (Phi) is 4.76. The van der Waals surface area contributed by atoms with Crippen LogP contribution in [0.5, 0.6) is 17.4 Å². The Morgan fingerprint density at radius 1 is 1.22 bits per heavy atom. The standard InChI is InChI=1S/C16H16N4O3/c1-9-10(2)19-20-16(14(9)8-17)23-13-6-4-12(5-7-13)22-11(3)15(18)21/h4-7,11H,1-3H3,(H2,18,21). The fraction of sp³-hybridized carbons (Fsp3) is 0.250. The van der Waals surface area contributed by atoms with E-state index in [1.54, 1.807) is 45.0 Å². The lowest BCUT2D eigenvalue weighted by molar-refractivity contribution is -0.123. The molecule has 23 heavy (non-hydrogen) atoms. The van der Waals surface area contributed by atoms with Crippen molar-refractivity contribution in [3.8, 4) is 23.4 Å². The maximum atomic E-state index is 11.0. The third-order valence-corrected chi connectivity index (χ3v) is 3.29. The van der Waals surface area contributed by atoms with Crippen molar-refractivity contribution in [1.82, 2.24) is 10.2 Å². The highest BCUT2D eigenvalue weighted by Gasteiger charge is 2.13. The van der Waals surface area contributed by atoms with E-state index in [2.05, 4.69) is 16.3 Å². The molecule has 2 rings (SSSR count). The van der Waals surface area contributed by atoms with Gasteiger partial charge in [0.1, 0.15) is 23.1 Å². The summed E-state index contributed by atoms with van der Waals surface area (Å²) in [4.78, 5) is 11.0. The van der Waals surface area contributed by atoms with Gasteiger partial charge in [-0.3, -0.25) is 4.79 Å². The number of carbonyl (C=O) groups excluding carboxylic acids is 1. The highest BCUT2D eigenvalue weighted by atomic mass is 16.5. The molecule has 118 valence electrons. The van der Waals surface area contributed by atoms with Crippen LogP contribution in [0.4, 0.5) is 0 Å². The lowest BCUT2D eigenvalue weighted by Crippen LogP contribution is -2.30. The van der Waals surface area contributed by atoms with Crippen LogP contribution in [0.25, 0.3) is 0 Å². The minimum atomic E-state index is -0.724. The van der Waals surface area contributed by atoms with Crippen LogP contribution in [0.1, 0.15) is 23.7 Å². The van der Waals surface area contributed by atoms with Crippen molar-refractivity contribution in [1.29, 1.82) is 5.26 Å². The van der Waals surface area contributed by atoms with Gasteiger partial charge in [-0.2, -0.15) is 10.4 Å². The first-order chi connectivity index (χ1) is 10.9. The molecule has 0 aliphatic carbocycles. The second-order valence-corrected chi connectivity index (χ2v) is 4.94. The molecule has 7 nitrogen and oxygen atoms in total.